The smallest absolute Gasteiger partial charge is 0.306 e. The third kappa shape index (κ3) is 3.07. The van der Waals surface area contributed by atoms with Crippen LogP contribution in [0, 0.1) is 5.92 Å². The van der Waals surface area contributed by atoms with Crippen molar-refractivity contribution < 1.29 is 14.6 Å². The van der Waals surface area contributed by atoms with Gasteiger partial charge in [-0.15, -0.1) is 11.3 Å². The molecule has 0 bridgehead atoms. The van der Waals surface area contributed by atoms with Crippen LogP contribution in [-0.4, -0.2) is 37.8 Å². The number of fused-ring (bicyclic) bond motifs is 4. The number of rotatable bonds is 5. The molecule has 0 saturated carbocycles. The van der Waals surface area contributed by atoms with E-state index in [-0.39, 0.29) is 5.92 Å². The highest BCUT2D eigenvalue weighted by atomic mass is 32.1. The Hall–Kier alpha value is -3.20. The lowest BCUT2D eigenvalue weighted by molar-refractivity contribution is -0.142. The predicted molar refractivity (Wildman–Crippen MR) is 111 cm³/mol. The molecule has 5 rings (SSSR count). The molecule has 4 aromatic rings. The number of nitrogens with one attached hydrogen (secondary N) is 2. The van der Waals surface area contributed by atoms with Gasteiger partial charge in [0.2, 0.25) is 0 Å². The van der Waals surface area contributed by atoms with Gasteiger partial charge in [-0.2, -0.15) is 5.10 Å². The fourth-order valence-electron chi connectivity index (χ4n) is 3.89. The number of thiophene rings is 1. The molecule has 0 aliphatic heterocycles. The van der Waals surface area contributed by atoms with Gasteiger partial charge in [0.1, 0.15) is 22.7 Å². The number of aliphatic carboxylic acids is 1. The molecule has 3 aromatic heterocycles. The predicted octanol–water partition coefficient (Wildman–Crippen LogP) is 3.90. The molecule has 1 aliphatic carbocycles. The molecule has 0 amide bonds. The average Bonchev–Trinajstić information content (AvgIpc) is 3.31. The topological polar surface area (TPSA) is 113 Å². The molecule has 1 aliphatic rings. The summed E-state index contributed by atoms with van der Waals surface area (Å²) in [5.74, 6) is 0.372. The summed E-state index contributed by atoms with van der Waals surface area (Å²) in [5.41, 5.74) is 2.87. The van der Waals surface area contributed by atoms with Crippen molar-refractivity contribution >= 4 is 49.9 Å². The van der Waals surface area contributed by atoms with Crippen molar-refractivity contribution in [2.24, 2.45) is 5.92 Å². The van der Waals surface area contributed by atoms with Gasteiger partial charge < -0.3 is 15.2 Å². The highest BCUT2D eigenvalue weighted by Crippen LogP contribution is 2.41. The minimum Gasteiger partial charge on any atom is -0.492 e. The van der Waals surface area contributed by atoms with E-state index in [1.807, 2.05) is 19.1 Å². The quantitative estimate of drug-likeness (QED) is 0.458. The monoisotopic (exact) mass is 409 g/mol. The molecule has 0 radical (unpaired) electrons. The van der Waals surface area contributed by atoms with Crippen LogP contribution in [0.15, 0.2) is 24.7 Å². The van der Waals surface area contributed by atoms with E-state index in [9.17, 15) is 9.90 Å². The van der Waals surface area contributed by atoms with E-state index >= 15 is 0 Å². The molecular formula is C20H19N5O3S. The number of carboxylic acids is 1. The Morgan fingerprint density at radius 2 is 2.31 bits per heavy atom. The molecule has 0 saturated heterocycles. The number of hydrogen-bond acceptors (Lipinski definition) is 7. The Labute approximate surface area is 169 Å². The molecule has 148 valence electrons. The van der Waals surface area contributed by atoms with Gasteiger partial charge in [0.25, 0.3) is 0 Å². The number of nitrogens with zero attached hydrogens (tertiary/aromatic N) is 3. The van der Waals surface area contributed by atoms with Crippen LogP contribution in [-0.2, 0) is 17.6 Å². The number of aryl methyl sites for hydroxylation is 1. The number of hydrogen-bond donors (Lipinski definition) is 3. The number of anilines is 2. The van der Waals surface area contributed by atoms with Crippen LogP contribution < -0.4 is 10.1 Å². The maximum atomic E-state index is 11.4. The molecular weight excluding hydrogens is 390 g/mol. The van der Waals surface area contributed by atoms with Crippen LogP contribution >= 0.6 is 11.3 Å². The summed E-state index contributed by atoms with van der Waals surface area (Å²) in [6.07, 6.45) is 5.21. The third-order valence-electron chi connectivity index (χ3n) is 5.29. The molecule has 0 spiro atoms. The standard InChI is InChI=1S/C20H19N5O3S/c1-2-28-15-7-13-11(8-23-25-13)5-14(15)24-18-17-12-4-3-10(20(26)27)6-16(12)29-19(17)22-9-21-18/h5,7-10H,2-4,6H2,1H3,(H,23,25)(H,26,27)(H,21,22,24)/t10-/m0/s1. The van der Waals surface area contributed by atoms with Crippen LogP contribution in [0.3, 0.4) is 0 Å². The zero-order valence-electron chi connectivity index (χ0n) is 15.7. The van der Waals surface area contributed by atoms with E-state index < -0.39 is 5.97 Å². The minimum absolute atomic E-state index is 0.326. The average molecular weight is 409 g/mol. The Morgan fingerprint density at radius 1 is 1.41 bits per heavy atom. The first kappa shape index (κ1) is 17.9. The number of ether oxygens (including phenoxy) is 1. The summed E-state index contributed by atoms with van der Waals surface area (Å²) in [5, 5.41) is 21.8. The van der Waals surface area contributed by atoms with Crippen LogP contribution in [0.5, 0.6) is 5.75 Å². The zero-order chi connectivity index (χ0) is 20.0. The van der Waals surface area contributed by atoms with E-state index in [2.05, 4.69) is 25.5 Å². The molecule has 1 aromatic carbocycles. The van der Waals surface area contributed by atoms with Gasteiger partial charge in [-0.25, -0.2) is 9.97 Å². The number of aromatic amines is 1. The lowest BCUT2D eigenvalue weighted by atomic mass is 9.88. The number of carboxylic acid groups (broad SMARTS) is 1. The van der Waals surface area contributed by atoms with E-state index in [0.717, 1.165) is 37.2 Å². The van der Waals surface area contributed by atoms with Gasteiger partial charge in [-0.05, 0) is 37.8 Å². The summed E-state index contributed by atoms with van der Waals surface area (Å²) in [6.45, 7) is 2.48. The molecule has 3 heterocycles. The normalized spacial score (nSPS) is 16.1. The molecule has 1 atom stereocenters. The van der Waals surface area contributed by atoms with Crippen molar-refractivity contribution in [2.45, 2.75) is 26.2 Å². The largest absolute Gasteiger partial charge is 0.492 e. The minimum atomic E-state index is -0.729. The van der Waals surface area contributed by atoms with Gasteiger partial charge in [-0.1, -0.05) is 0 Å². The summed E-state index contributed by atoms with van der Waals surface area (Å²) < 4.78 is 5.82. The summed E-state index contributed by atoms with van der Waals surface area (Å²) >= 11 is 1.56. The number of H-pyrrole nitrogens is 1. The number of benzene rings is 1. The Balaban J connectivity index is 1.59. The lowest BCUT2D eigenvalue weighted by Crippen LogP contribution is -2.21. The maximum absolute atomic E-state index is 11.4. The summed E-state index contributed by atoms with van der Waals surface area (Å²) in [6, 6.07) is 3.91. The van der Waals surface area contributed by atoms with Gasteiger partial charge >= 0.3 is 5.97 Å². The first-order valence-corrected chi connectivity index (χ1v) is 10.3. The van der Waals surface area contributed by atoms with Gasteiger partial charge in [0.15, 0.2) is 0 Å². The highest BCUT2D eigenvalue weighted by molar-refractivity contribution is 7.19. The second-order valence-corrected chi connectivity index (χ2v) is 8.13. The fourth-order valence-corrected chi connectivity index (χ4v) is 5.15. The molecule has 9 heteroatoms. The van der Waals surface area contributed by atoms with E-state index in [1.54, 1.807) is 17.5 Å². The SMILES string of the molecule is CCOc1cc2[nH]ncc2cc1Nc1ncnc2sc3c(c12)CC[C@H](C(=O)O)C3. The van der Waals surface area contributed by atoms with Crippen LogP contribution in [0.4, 0.5) is 11.5 Å². The van der Waals surface area contributed by atoms with Crippen molar-refractivity contribution in [1.82, 2.24) is 20.2 Å². The highest BCUT2D eigenvalue weighted by Gasteiger charge is 2.29. The molecule has 0 fully saturated rings. The number of carbonyl (C=O) groups is 1. The number of aromatic nitrogens is 4. The van der Waals surface area contributed by atoms with Crippen molar-refractivity contribution in [3.8, 4) is 5.75 Å². The maximum Gasteiger partial charge on any atom is 0.306 e. The molecule has 8 nitrogen and oxygen atoms in total. The Morgan fingerprint density at radius 3 is 3.14 bits per heavy atom. The van der Waals surface area contributed by atoms with Gasteiger partial charge in [0, 0.05) is 16.3 Å². The van der Waals surface area contributed by atoms with Gasteiger partial charge in [-0.3, -0.25) is 9.89 Å². The van der Waals surface area contributed by atoms with E-state index in [1.165, 1.54) is 6.33 Å². The van der Waals surface area contributed by atoms with E-state index in [0.29, 0.717) is 37.4 Å². The Bertz CT molecular complexity index is 1230. The van der Waals surface area contributed by atoms with Crippen molar-refractivity contribution in [2.75, 3.05) is 11.9 Å². The summed E-state index contributed by atoms with van der Waals surface area (Å²) in [4.78, 5) is 22.3. The Kier molecular flexibility index (Phi) is 4.31. The van der Waals surface area contributed by atoms with Crippen LogP contribution in [0.2, 0.25) is 0 Å². The molecule has 0 unspecified atom stereocenters. The van der Waals surface area contributed by atoms with Crippen molar-refractivity contribution in [3.05, 3.63) is 35.1 Å². The van der Waals surface area contributed by atoms with E-state index in [4.69, 9.17) is 4.74 Å². The second-order valence-electron chi connectivity index (χ2n) is 7.05. The third-order valence-corrected chi connectivity index (χ3v) is 6.45. The van der Waals surface area contributed by atoms with Crippen LogP contribution in [0.1, 0.15) is 23.8 Å². The van der Waals surface area contributed by atoms with Crippen molar-refractivity contribution in [1.29, 1.82) is 0 Å². The molecule has 3 N–H and O–H groups in total. The first-order chi connectivity index (χ1) is 14.1. The zero-order valence-corrected chi connectivity index (χ0v) is 16.5. The van der Waals surface area contributed by atoms with Crippen molar-refractivity contribution in [3.63, 3.8) is 0 Å². The fraction of sp³-hybridized carbons (Fsp3) is 0.300. The molecule has 29 heavy (non-hydrogen) atoms. The first-order valence-electron chi connectivity index (χ1n) is 9.49. The second kappa shape index (κ2) is 7.00. The lowest BCUT2D eigenvalue weighted by Gasteiger charge is -2.19. The van der Waals surface area contributed by atoms with Gasteiger partial charge in [0.05, 0.1) is 35.3 Å². The van der Waals surface area contributed by atoms with Crippen LogP contribution in [0.25, 0.3) is 21.1 Å². The summed E-state index contributed by atoms with van der Waals surface area (Å²) in [7, 11) is 0.